The van der Waals surface area contributed by atoms with Crippen molar-refractivity contribution in [1.82, 2.24) is 0 Å². The molecule has 0 spiro atoms. The van der Waals surface area contributed by atoms with Gasteiger partial charge in [-0.2, -0.15) is 0 Å². The Morgan fingerprint density at radius 1 is 1.25 bits per heavy atom. The maximum absolute atomic E-state index is 12.2. The van der Waals surface area contributed by atoms with Crippen molar-refractivity contribution < 1.29 is 14.6 Å². The van der Waals surface area contributed by atoms with Crippen molar-refractivity contribution in [3.05, 3.63) is 58.6 Å². The highest BCUT2D eigenvalue weighted by atomic mass is 35.5. The molecule has 4 nitrogen and oxygen atoms in total. The third kappa shape index (κ3) is 4.30. The highest BCUT2D eigenvalue weighted by Crippen LogP contribution is 2.35. The van der Waals surface area contributed by atoms with Gasteiger partial charge in [-0.05, 0) is 55.0 Å². The number of halogens is 1. The molecule has 126 valence electrons. The lowest BCUT2D eigenvalue weighted by atomic mass is 10.1. The average Bonchev–Trinajstić information content (AvgIpc) is 2.57. The lowest BCUT2D eigenvalue weighted by molar-refractivity contribution is 0.104. The number of ketones is 1. The van der Waals surface area contributed by atoms with Gasteiger partial charge in [0.2, 0.25) is 0 Å². The first-order chi connectivity index (χ1) is 11.4. The molecule has 0 fully saturated rings. The van der Waals surface area contributed by atoms with Crippen molar-refractivity contribution in [3.8, 4) is 11.5 Å². The van der Waals surface area contributed by atoms with Gasteiger partial charge in [0.15, 0.2) is 17.3 Å². The Labute approximate surface area is 146 Å². The van der Waals surface area contributed by atoms with Crippen molar-refractivity contribution in [1.29, 1.82) is 0 Å². The van der Waals surface area contributed by atoms with E-state index in [9.17, 15) is 9.90 Å². The molecule has 1 N–H and O–H groups in total. The zero-order valence-corrected chi connectivity index (χ0v) is 14.7. The molecule has 0 aliphatic rings. The minimum Gasteiger partial charge on any atom is -0.503 e. The first-order valence-corrected chi connectivity index (χ1v) is 7.95. The van der Waals surface area contributed by atoms with Crippen LogP contribution in [0.2, 0.25) is 5.02 Å². The summed E-state index contributed by atoms with van der Waals surface area (Å²) in [5, 5.41) is 10.0. The summed E-state index contributed by atoms with van der Waals surface area (Å²) in [7, 11) is 3.89. The van der Waals surface area contributed by atoms with Crippen molar-refractivity contribution >= 4 is 29.1 Å². The van der Waals surface area contributed by atoms with Crippen LogP contribution in [0.1, 0.15) is 22.8 Å². The minimum atomic E-state index is -0.109. The highest BCUT2D eigenvalue weighted by molar-refractivity contribution is 6.32. The van der Waals surface area contributed by atoms with E-state index in [-0.39, 0.29) is 16.6 Å². The topological polar surface area (TPSA) is 49.8 Å². The monoisotopic (exact) mass is 345 g/mol. The molecule has 0 aliphatic heterocycles. The predicted octanol–water partition coefficient (Wildman–Crippen LogP) is 4.41. The molecule has 0 saturated carbocycles. The summed E-state index contributed by atoms with van der Waals surface area (Å²) in [5.41, 5.74) is 2.31. The first-order valence-electron chi connectivity index (χ1n) is 7.57. The van der Waals surface area contributed by atoms with Gasteiger partial charge in [-0.3, -0.25) is 4.79 Å². The van der Waals surface area contributed by atoms with E-state index in [0.717, 1.165) is 5.69 Å². The highest BCUT2D eigenvalue weighted by Gasteiger charge is 2.09. The lowest BCUT2D eigenvalue weighted by Gasteiger charge is -2.11. The molecule has 0 bridgehead atoms. The Morgan fingerprint density at radius 3 is 2.50 bits per heavy atom. The van der Waals surface area contributed by atoms with Crippen molar-refractivity contribution in [3.63, 3.8) is 0 Å². The van der Waals surface area contributed by atoms with Crippen LogP contribution >= 0.6 is 11.6 Å². The largest absolute Gasteiger partial charge is 0.503 e. The van der Waals surface area contributed by atoms with Crippen LogP contribution < -0.4 is 9.64 Å². The fourth-order valence-corrected chi connectivity index (χ4v) is 2.37. The molecule has 24 heavy (non-hydrogen) atoms. The number of allylic oxidation sites excluding steroid dienone is 1. The van der Waals surface area contributed by atoms with Gasteiger partial charge in [0.05, 0.1) is 11.6 Å². The second-order valence-corrected chi connectivity index (χ2v) is 5.83. The summed E-state index contributed by atoms with van der Waals surface area (Å²) in [6.45, 7) is 2.23. The number of phenolic OH excluding ortho intramolecular Hbond substituents is 1. The Balaban J connectivity index is 2.19. The summed E-state index contributed by atoms with van der Waals surface area (Å²) in [5.74, 6) is 0.0937. The van der Waals surface area contributed by atoms with Gasteiger partial charge < -0.3 is 14.7 Å². The maximum atomic E-state index is 12.2. The van der Waals surface area contributed by atoms with Crippen molar-refractivity contribution in [2.75, 3.05) is 25.6 Å². The van der Waals surface area contributed by atoms with E-state index in [0.29, 0.717) is 23.5 Å². The fraction of sp³-hybridized carbons (Fsp3) is 0.211. The van der Waals surface area contributed by atoms with E-state index >= 15 is 0 Å². The SMILES string of the molecule is CCOc1cc(/C=C/C(=O)c2ccc(N(C)C)cc2)cc(Cl)c1O. The average molecular weight is 346 g/mol. The zero-order valence-electron chi connectivity index (χ0n) is 13.9. The van der Waals surface area contributed by atoms with Gasteiger partial charge in [0, 0.05) is 25.3 Å². The second-order valence-electron chi connectivity index (χ2n) is 5.42. The Hall–Kier alpha value is -2.46. The summed E-state index contributed by atoms with van der Waals surface area (Å²) in [6.07, 6.45) is 3.12. The summed E-state index contributed by atoms with van der Waals surface area (Å²) < 4.78 is 5.33. The molecule has 0 saturated heterocycles. The standard InChI is InChI=1S/C19H20ClNO3/c1-4-24-18-12-13(11-16(20)19(18)23)5-10-17(22)14-6-8-15(9-7-14)21(2)3/h5-12,23H,4H2,1-3H3/b10-5+. The normalized spacial score (nSPS) is 10.8. The summed E-state index contributed by atoms with van der Waals surface area (Å²) in [6, 6.07) is 10.6. The number of aromatic hydroxyl groups is 1. The molecular weight excluding hydrogens is 326 g/mol. The van der Waals surface area contributed by atoms with Gasteiger partial charge in [-0.15, -0.1) is 0 Å². The zero-order chi connectivity index (χ0) is 17.7. The number of benzene rings is 2. The van der Waals surface area contributed by atoms with E-state index in [1.54, 1.807) is 30.3 Å². The van der Waals surface area contributed by atoms with Gasteiger partial charge in [-0.1, -0.05) is 17.7 Å². The van der Waals surface area contributed by atoms with Crippen LogP contribution in [0.15, 0.2) is 42.5 Å². The summed E-state index contributed by atoms with van der Waals surface area (Å²) in [4.78, 5) is 14.2. The van der Waals surface area contributed by atoms with Gasteiger partial charge in [0.1, 0.15) is 0 Å². The number of carbonyl (C=O) groups is 1. The predicted molar refractivity (Wildman–Crippen MR) is 98.4 cm³/mol. The summed E-state index contributed by atoms with van der Waals surface area (Å²) >= 11 is 5.98. The number of nitrogens with zero attached hydrogens (tertiary/aromatic N) is 1. The number of hydrogen-bond donors (Lipinski definition) is 1. The molecule has 5 heteroatoms. The lowest BCUT2D eigenvalue weighted by Crippen LogP contribution is -2.08. The quantitative estimate of drug-likeness (QED) is 0.622. The van der Waals surface area contributed by atoms with E-state index in [1.165, 1.54) is 6.08 Å². The second kappa shape index (κ2) is 7.88. The maximum Gasteiger partial charge on any atom is 0.185 e. The third-order valence-corrected chi connectivity index (χ3v) is 3.73. The van der Waals surface area contributed by atoms with Crippen molar-refractivity contribution in [2.45, 2.75) is 6.92 Å². The van der Waals surface area contributed by atoms with Crippen LogP contribution in [-0.2, 0) is 0 Å². The molecule has 0 unspecified atom stereocenters. The van der Waals surface area contributed by atoms with E-state index in [1.807, 2.05) is 38.1 Å². The van der Waals surface area contributed by atoms with Crippen LogP contribution in [0.5, 0.6) is 11.5 Å². The Bertz CT molecular complexity index is 752. The van der Waals surface area contributed by atoms with E-state index in [4.69, 9.17) is 16.3 Å². The molecule has 2 rings (SSSR count). The first kappa shape index (κ1) is 17.9. The van der Waals surface area contributed by atoms with Gasteiger partial charge >= 0.3 is 0 Å². The van der Waals surface area contributed by atoms with E-state index in [2.05, 4.69) is 0 Å². The molecule has 0 heterocycles. The van der Waals surface area contributed by atoms with Crippen LogP contribution in [-0.4, -0.2) is 31.6 Å². The van der Waals surface area contributed by atoms with Crippen LogP contribution in [0.25, 0.3) is 6.08 Å². The minimum absolute atomic E-state index is 0.0960. The molecule has 0 aliphatic carbocycles. The number of hydrogen-bond acceptors (Lipinski definition) is 4. The molecule has 0 aromatic heterocycles. The molecule has 0 amide bonds. The van der Waals surface area contributed by atoms with E-state index < -0.39 is 0 Å². The molecular formula is C19H20ClNO3. The molecule has 0 radical (unpaired) electrons. The van der Waals surface area contributed by atoms with Crippen LogP contribution in [0, 0.1) is 0 Å². The number of carbonyl (C=O) groups excluding carboxylic acids is 1. The van der Waals surface area contributed by atoms with Crippen LogP contribution in [0.3, 0.4) is 0 Å². The number of ether oxygens (including phenoxy) is 1. The van der Waals surface area contributed by atoms with Crippen molar-refractivity contribution in [2.24, 2.45) is 0 Å². The molecule has 0 atom stereocenters. The van der Waals surface area contributed by atoms with Gasteiger partial charge in [-0.25, -0.2) is 0 Å². The van der Waals surface area contributed by atoms with Crippen LogP contribution in [0.4, 0.5) is 5.69 Å². The Morgan fingerprint density at radius 2 is 1.92 bits per heavy atom. The number of phenols is 1. The number of rotatable bonds is 6. The third-order valence-electron chi connectivity index (χ3n) is 3.45. The Kier molecular flexibility index (Phi) is 5.88. The fourth-order valence-electron chi connectivity index (χ4n) is 2.15. The van der Waals surface area contributed by atoms with Gasteiger partial charge in [0.25, 0.3) is 0 Å². The molecule has 2 aromatic rings. The molecule has 2 aromatic carbocycles. The number of anilines is 1. The smallest absolute Gasteiger partial charge is 0.185 e.